The fourth-order valence-corrected chi connectivity index (χ4v) is 3.88. The summed E-state index contributed by atoms with van der Waals surface area (Å²) >= 11 is 0. The number of aliphatic hydroxyl groups excluding tert-OH is 1. The second kappa shape index (κ2) is 10.7. The van der Waals surface area contributed by atoms with Crippen molar-refractivity contribution < 1.29 is 23.8 Å². The van der Waals surface area contributed by atoms with E-state index in [4.69, 9.17) is 13.9 Å². The fraction of sp³-hybridized carbons (Fsp3) is 0.375. The highest BCUT2D eigenvalue weighted by Crippen LogP contribution is 2.28. The number of anilines is 1. The lowest BCUT2D eigenvalue weighted by atomic mass is 10.2. The molecule has 1 atom stereocenters. The number of fused-ring (bicyclic) bond motifs is 1. The van der Waals surface area contributed by atoms with E-state index < -0.39 is 6.10 Å². The Kier molecular flexibility index (Phi) is 8.01. The zero-order valence-corrected chi connectivity index (χ0v) is 19.1. The lowest BCUT2D eigenvalue weighted by Gasteiger charge is -2.37. The zero-order valence-electron chi connectivity index (χ0n) is 18.3. The third-order valence-electron chi connectivity index (χ3n) is 5.55. The number of piperazine rings is 1. The highest BCUT2D eigenvalue weighted by atomic mass is 35.5. The number of halogens is 1. The number of hydrogen-bond acceptors (Lipinski definition) is 7. The SMILES string of the molecule is COc1ccccc1N1CCN(CC(O)COc2ccc3cc(C(C)=O)oc3c2)CC1.Cl. The molecule has 1 aliphatic rings. The van der Waals surface area contributed by atoms with Crippen LogP contribution in [0.1, 0.15) is 17.5 Å². The first-order valence-corrected chi connectivity index (χ1v) is 10.5. The van der Waals surface area contributed by atoms with Gasteiger partial charge in [0.1, 0.15) is 29.8 Å². The molecule has 8 heteroatoms. The number of furan rings is 1. The lowest BCUT2D eigenvalue weighted by molar-refractivity contribution is 0.0663. The summed E-state index contributed by atoms with van der Waals surface area (Å²) in [6.45, 7) is 5.70. The number of carbonyl (C=O) groups excluding carboxylic acids is 1. The smallest absolute Gasteiger partial charge is 0.194 e. The molecule has 3 aromatic rings. The van der Waals surface area contributed by atoms with E-state index in [1.165, 1.54) is 6.92 Å². The molecule has 1 fully saturated rings. The first-order chi connectivity index (χ1) is 15.0. The second-order valence-corrected chi connectivity index (χ2v) is 7.79. The molecule has 0 amide bonds. The number of nitrogens with zero attached hydrogens (tertiary/aromatic N) is 2. The summed E-state index contributed by atoms with van der Waals surface area (Å²) in [5.74, 6) is 1.71. The number of aliphatic hydroxyl groups is 1. The molecule has 2 heterocycles. The maximum Gasteiger partial charge on any atom is 0.194 e. The number of carbonyl (C=O) groups is 1. The number of β-amino-alcohol motifs (C(OH)–C–C–N with tert-alkyl or cyclic N) is 1. The molecular weight excluding hydrogens is 432 g/mol. The van der Waals surface area contributed by atoms with Gasteiger partial charge in [-0.05, 0) is 30.3 Å². The van der Waals surface area contributed by atoms with Gasteiger partial charge in [-0.25, -0.2) is 0 Å². The molecule has 7 nitrogen and oxygen atoms in total. The number of hydrogen-bond donors (Lipinski definition) is 1. The molecule has 1 aromatic heterocycles. The molecule has 32 heavy (non-hydrogen) atoms. The third-order valence-corrected chi connectivity index (χ3v) is 5.55. The van der Waals surface area contributed by atoms with Crippen molar-refractivity contribution in [2.24, 2.45) is 0 Å². The highest BCUT2D eigenvalue weighted by molar-refractivity contribution is 5.96. The van der Waals surface area contributed by atoms with Gasteiger partial charge in [-0.3, -0.25) is 9.69 Å². The van der Waals surface area contributed by atoms with E-state index in [9.17, 15) is 9.90 Å². The van der Waals surface area contributed by atoms with Crippen LogP contribution in [0, 0.1) is 0 Å². The molecule has 1 saturated heterocycles. The summed E-state index contributed by atoms with van der Waals surface area (Å²) in [7, 11) is 1.69. The summed E-state index contributed by atoms with van der Waals surface area (Å²) in [5, 5.41) is 11.3. The Labute approximate surface area is 193 Å². The van der Waals surface area contributed by atoms with Crippen LogP contribution in [0.15, 0.2) is 52.9 Å². The van der Waals surface area contributed by atoms with Gasteiger partial charge in [0.05, 0.1) is 12.8 Å². The van der Waals surface area contributed by atoms with E-state index in [1.54, 1.807) is 19.2 Å². The number of ether oxygens (including phenoxy) is 2. The number of para-hydroxylation sites is 2. The van der Waals surface area contributed by atoms with Crippen molar-refractivity contribution in [1.82, 2.24) is 4.90 Å². The number of Topliss-reactive ketones (excluding diaryl/α,β-unsaturated/α-hetero) is 1. The molecule has 0 bridgehead atoms. The van der Waals surface area contributed by atoms with E-state index in [-0.39, 0.29) is 24.8 Å². The minimum Gasteiger partial charge on any atom is -0.495 e. The van der Waals surface area contributed by atoms with Crippen molar-refractivity contribution in [3.05, 3.63) is 54.3 Å². The van der Waals surface area contributed by atoms with Crippen LogP contribution in [0.25, 0.3) is 11.0 Å². The van der Waals surface area contributed by atoms with E-state index in [1.807, 2.05) is 30.3 Å². The van der Waals surface area contributed by atoms with Crippen LogP contribution in [0.2, 0.25) is 0 Å². The molecule has 0 spiro atoms. The third kappa shape index (κ3) is 5.54. The molecule has 2 aromatic carbocycles. The number of ketones is 1. The van der Waals surface area contributed by atoms with E-state index in [0.717, 1.165) is 43.0 Å². The Morgan fingerprint density at radius 2 is 1.88 bits per heavy atom. The van der Waals surface area contributed by atoms with Gasteiger partial charge in [-0.1, -0.05) is 12.1 Å². The molecule has 0 saturated carbocycles. The van der Waals surface area contributed by atoms with Gasteiger partial charge < -0.3 is 23.9 Å². The van der Waals surface area contributed by atoms with Gasteiger partial charge in [0.15, 0.2) is 11.5 Å². The van der Waals surface area contributed by atoms with Gasteiger partial charge in [0, 0.05) is 51.1 Å². The van der Waals surface area contributed by atoms with Crippen molar-refractivity contribution in [1.29, 1.82) is 0 Å². The molecule has 0 radical (unpaired) electrons. The second-order valence-electron chi connectivity index (χ2n) is 7.79. The van der Waals surface area contributed by atoms with Crippen molar-refractivity contribution >= 4 is 34.8 Å². The molecule has 0 aliphatic carbocycles. The first-order valence-electron chi connectivity index (χ1n) is 10.5. The highest BCUT2D eigenvalue weighted by Gasteiger charge is 2.21. The van der Waals surface area contributed by atoms with E-state index >= 15 is 0 Å². The molecule has 1 N–H and O–H groups in total. The largest absolute Gasteiger partial charge is 0.495 e. The number of methoxy groups -OCH3 is 1. The van der Waals surface area contributed by atoms with Crippen LogP contribution >= 0.6 is 12.4 Å². The standard InChI is InChI=1S/C24H28N2O5.ClH/c1-17(27)23-13-18-7-8-20(14-24(18)31-23)30-16-19(28)15-25-9-11-26(12-10-25)21-5-3-4-6-22(21)29-2;/h3-8,13-14,19,28H,9-12,15-16H2,1-2H3;1H. The molecule has 1 unspecified atom stereocenters. The van der Waals surface area contributed by atoms with Crippen LogP contribution in [-0.4, -0.2) is 68.3 Å². The first kappa shape index (κ1) is 23.9. The Morgan fingerprint density at radius 1 is 1.12 bits per heavy atom. The average molecular weight is 461 g/mol. The van der Waals surface area contributed by atoms with Crippen molar-refractivity contribution in [2.75, 3.05) is 51.3 Å². The van der Waals surface area contributed by atoms with Crippen LogP contribution in [0.3, 0.4) is 0 Å². The lowest BCUT2D eigenvalue weighted by Crippen LogP contribution is -2.49. The Hall–Kier alpha value is -2.74. The van der Waals surface area contributed by atoms with Crippen LogP contribution in [0.4, 0.5) is 5.69 Å². The summed E-state index contributed by atoms with van der Waals surface area (Å²) in [6.07, 6.45) is -0.599. The monoisotopic (exact) mass is 460 g/mol. The van der Waals surface area contributed by atoms with Gasteiger partial charge in [-0.15, -0.1) is 12.4 Å². The maximum absolute atomic E-state index is 11.5. The van der Waals surface area contributed by atoms with Crippen molar-refractivity contribution in [3.63, 3.8) is 0 Å². The predicted octanol–water partition coefficient (Wildman–Crippen LogP) is 3.63. The molecular formula is C24H29ClN2O5. The van der Waals surface area contributed by atoms with Crippen LogP contribution in [0.5, 0.6) is 11.5 Å². The number of rotatable bonds is 8. The summed E-state index contributed by atoms with van der Waals surface area (Å²) in [6, 6.07) is 15.2. The van der Waals surface area contributed by atoms with Crippen LogP contribution < -0.4 is 14.4 Å². The van der Waals surface area contributed by atoms with E-state index in [2.05, 4.69) is 15.9 Å². The van der Waals surface area contributed by atoms with Crippen molar-refractivity contribution in [3.8, 4) is 11.5 Å². The predicted molar refractivity (Wildman–Crippen MR) is 127 cm³/mol. The fourth-order valence-electron chi connectivity index (χ4n) is 3.88. The van der Waals surface area contributed by atoms with Gasteiger partial charge in [0.2, 0.25) is 0 Å². The summed E-state index contributed by atoms with van der Waals surface area (Å²) in [5.41, 5.74) is 1.71. The summed E-state index contributed by atoms with van der Waals surface area (Å²) in [4.78, 5) is 16.0. The van der Waals surface area contributed by atoms with Gasteiger partial charge in [0.25, 0.3) is 0 Å². The number of benzene rings is 2. The van der Waals surface area contributed by atoms with Gasteiger partial charge >= 0.3 is 0 Å². The Balaban J connectivity index is 0.00000289. The summed E-state index contributed by atoms with van der Waals surface area (Å²) < 4.78 is 16.8. The van der Waals surface area contributed by atoms with Crippen molar-refractivity contribution in [2.45, 2.75) is 13.0 Å². The topological polar surface area (TPSA) is 75.4 Å². The normalized spacial score (nSPS) is 15.3. The van der Waals surface area contributed by atoms with Crippen LogP contribution in [-0.2, 0) is 0 Å². The minimum atomic E-state index is -0.599. The minimum absolute atomic E-state index is 0. The molecule has 1 aliphatic heterocycles. The zero-order chi connectivity index (χ0) is 21.8. The Bertz CT molecular complexity index is 1050. The molecule has 172 valence electrons. The average Bonchev–Trinajstić information content (AvgIpc) is 3.22. The van der Waals surface area contributed by atoms with E-state index in [0.29, 0.717) is 23.6 Å². The maximum atomic E-state index is 11.5. The Morgan fingerprint density at radius 3 is 2.59 bits per heavy atom. The quantitative estimate of drug-likeness (QED) is 0.514. The molecule has 4 rings (SSSR count). The van der Waals surface area contributed by atoms with Gasteiger partial charge in [-0.2, -0.15) is 0 Å².